The monoisotopic (exact) mass is 499 g/mol. The van der Waals surface area contributed by atoms with Gasteiger partial charge in [0.05, 0.1) is 30.5 Å². The zero-order valence-electron chi connectivity index (χ0n) is 21.1. The molecule has 9 heteroatoms. The van der Waals surface area contributed by atoms with Crippen molar-refractivity contribution in [2.45, 2.75) is 75.5 Å². The third-order valence-corrected chi connectivity index (χ3v) is 8.51. The lowest BCUT2D eigenvalue weighted by atomic mass is 9.76. The second-order valence-electron chi connectivity index (χ2n) is 11.0. The summed E-state index contributed by atoms with van der Waals surface area (Å²) in [4.78, 5) is 25.4. The third kappa shape index (κ3) is 4.49. The number of fused-ring (bicyclic) bond motifs is 1. The molecule has 2 aliphatic carbocycles. The topological polar surface area (TPSA) is 93.9 Å². The van der Waals surface area contributed by atoms with Crippen molar-refractivity contribution in [3.8, 4) is 11.1 Å². The van der Waals surface area contributed by atoms with Crippen LogP contribution in [0.5, 0.6) is 0 Å². The van der Waals surface area contributed by atoms with E-state index < -0.39 is 11.6 Å². The zero-order chi connectivity index (χ0) is 25.7. The molecule has 1 saturated heterocycles. The predicted molar refractivity (Wildman–Crippen MR) is 130 cm³/mol. The molecule has 2 saturated carbocycles. The van der Waals surface area contributed by atoms with Gasteiger partial charge in [-0.25, -0.2) is 9.18 Å². The minimum atomic E-state index is -0.848. The van der Waals surface area contributed by atoms with Gasteiger partial charge < -0.3 is 19.5 Å². The van der Waals surface area contributed by atoms with Crippen LogP contribution in [-0.2, 0) is 33.3 Å². The Bertz CT molecular complexity index is 1180. The van der Waals surface area contributed by atoms with Crippen LogP contribution >= 0.6 is 0 Å². The van der Waals surface area contributed by atoms with Gasteiger partial charge >= 0.3 is 12.1 Å². The van der Waals surface area contributed by atoms with Crippen LogP contribution in [0, 0.1) is 11.7 Å². The van der Waals surface area contributed by atoms with Crippen molar-refractivity contribution in [1.82, 2.24) is 14.7 Å². The normalized spacial score (nSPS) is 27.5. The summed E-state index contributed by atoms with van der Waals surface area (Å²) in [5.74, 6) is -1.05. The van der Waals surface area contributed by atoms with E-state index in [2.05, 4.69) is 5.10 Å². The highest BCUT2D eigenvalue weighted by Gasteiger charge is 2.62. The molecule has 1 aromatic carbocycles. The molecule has 0 spiro atoms. The van der Waals surface area contributed by atoms with Crippen molar-refractivity contribution in [2.24, 2.45) is 13.0 Å². The van der Waals surface area contributed by atoms with Crippen LogP contribution in [0.3, 0.4) is 0 Å². The van der Waals surface area contributed by atoms with E-state index in [1.54, 1.807) is 42.0 Å². The number of benzene rings is 1. The van der Waals surface area contributed by atoms with E-state index in [4.69, 9.17) is 9.47 Å². The number of aromatic nitrogens is 2. The molecule has 1 amide bonds. The van der Waals surface area contributed by atoms with E-state index in [1.165, 1.54) is 0 Å². The minimum Gasteiger partial charge on any atom is -0.481 e. The summed E-state index contributed by atoms with van der Waals surface area (Å²) >= 11 is 0. The number of nitrogens with zero attached hydrogens (tertiary/aromatic N) is 3. The second-order valence-corrected chi connectivity index (χ2v) is 11.0. The number of amides is 1. The van der Waals surface area contributed by atoms with Crippen molar-refractivity contribution < 1.29 is 28.6 Å². The maximum absolute atomic E-state index is 15.5. The number of hydrogen-bond donors (Lipinski definition) is 1. The number of carboxylic acid groups (broad SMARTS) is 1. The SMILES string of the molecule is CN(C(=O)OCc1c(-c2ccc(C3(C)COC4(CC(=O)O)CC4C3)cc2F)cnn1C)C1CCCC1. The summed E-state index contributed by atoms with van der Waals surface area (Å²) < 4.78 is 28.7. The van der Waals surface area contributed by atoms with E-state index in [-0.39, 0.29) is 42.3 Å². The lowest BCUT2D eigenvalue weighted by Crippen LogP contribution is -2.39. The number of carbonyl (C=O) groups is 2. The Kier molecular flexibility index (Phi) is 6.31. The van der Waals surface area contributed by atoms with E-state index in [9.17, 15) is 14.7 Å². The highest BCUT2D eigenvalue weighted by Crippen LogP contribution is 2.59. The number of ether oxygens (including phenoxy) is 2. The summed E-state index contributed by atoms with van der Waals surface area (Å²) in [6.45, 7) is 2.40. The van der Waals surface area contributed by atoms with Crippen LogP contribution in [0.4, 0.5) is 9.18 Å². The van der Waals surface area contributed by atoms with Crippen LogP contribution in [0.1, 0.15) is 63.1 Å². The van der Waals surface area contributed by atoms with Crippen LogP contribution in [-0.4, -0.2) is 57.1 Å². The number of rotatable bonds is 7. The van der Waals surface area contributed by atoms with Crippen LogP contribution in [0.15, 0.2) is 24.4 Å². The van der Waals surface area contributed by atoms with E-state index in [0.29, 0.717) is 23.4 Å². The first-order chi connectivity index (χ1) is 17.1. The molecule has 2 aromatic rings. The van der Waals surface area contributed by atoms with Crippen molar-refractivity contribution >= 4 is 12.1 Å². The number of carboxylic acids is 1. The molecule has 5 rings (SSSR count). The Hall–Kier alpha value is -2.94. The lowest BCUT2D eigenvalue weighted by Gasteiger charge is -2.37. The number of hydrogen-bond acceptors (Lipinski definition) is 5. The summed E-state index contributed by atoms with van der Waals surface area (Å²) in [5.41, 5.74) is 1.51. The second kappa shape index (κ2) is 9.18. The molecular formula is C27H34FN3O5. The Morgan fingerprint density at radius 1 is 1.28 bits per heavy atom. The number of halogens is 1. The third-order valence-electron chi connectivity index (χ3n) is 8.51. The van der Waals surface area contributed by atoms with Gasteiger partial charge in [-0.15, -0.1) is 0 Å². The lowest BCUT2D eigenvalue weighted by molar-refractivity contribution is -0.143. The summed E-state index contributed by atoms with van der Waals surface area (Å²) in [7, 11) is 3.52. The standard InChI is InChI=1S/C27H34FN3O5/c1-26(11-18-12-27(18,36-16-26)13-24(32)33)17-8-9-20(22(28)10-17)21-14-29-31(3)23(21)15-35-25(34)30(2)19-6-4-5-7-19/h8-10,14,18-19H,4-7,11-13,15-16H2,1-3H3,(H,32,33). The number of aliphatic carboxylic acids is 1. The molecule has 2 heterocycles. The van der Waals surface area contributed by atoms with E-state index in [0.717, 1.165) is 44.1 Å². The average molecular weight is 500 g/mol. The van der Waals surface area contributed by atoms with Gasteiger partial charge in [-0.05, 0) is 43.2 Å². The predicted octanol–water partition coefficient (Wildman–Crippen LogP) is 4.65. The van der Waals surface area contributed by atoms with Gasteiger partial charge in [-0.2, -0.15) is 5.10 Å². The number of aryl methyl sites for hydroxylation is 1. The van der Waals surface area contributed by atoms with Gasteiger partial charge in [-0.1, -0.05) is 31.9 Å². The van der Waals surface area contributed by atoms with Crippen molar-refractivity contribution in [3.05, 3.63) is 41.5 Å². The Balaban J connectivity index is 1.30. The van der Waals surface area contributed by atoms with Gasteiger partial charge in [0, 0.05) is 36.7 Å². The Labute approximate surface area is 210 Å². The Morgan fingerprint density at radius 3 is 2.69 bits per heavy atom. The highest BCUT2D eigenvalue weighted by atomic mass is 19.1. The first-order valence-electron chi connectivity index (χ1n) is 12.7. The average Bonchev–Trinajstić information content (AvgIpc) is 3.15. The first-order valence-corrected chi connectivity index (χ1v) is 12.7. The summed E-state index contributed by atoms with van der Waals surface area (Å²) in [6, 6.07) is 5.41. The Morgan fingerprint density at radius 2 is 2.03 bits per heavy atom. The maximum Gasteiger partial charge on any atom is 0.410 e. The van der Waals surface area contributed by atoms with Gasteiger partial charge in [-0.3, -0.25) is 9.48 Å². The van der Waals surface area contributed by atoms with Crippen LogP contribution in [0.25, 0.3) is 11.1 Å². The highest BCUT2D eigenvalue weighted by molar-refractivity contribution is 5.70. The molecular weight excluding hydrogens is 465 g/mol. The largest absolute Gasteiger partial charge is 0.481 e. The van der Waals surface area contributed by atoms with Crippen LogP contribution < -0.4 is 0 Å². The maximum atomic E-state index is 15.5. The summed E-state index contributed by atoms with van der Waals surface area (Å²) in [6.07, 6.45) is 6.97. The van der Waals surface area contributed by atoms with Crippen LogP contribution in [0.2, 0.25) is 0 Å². The molecule has 1 aliphatic heterocycles. The fraction of sp³-hybridized carbons (Fsp3) is 0.593. The fourth-order valence-corrected chi connectivity index (χ4v) is 6.06. The molecule has 3 atom stereocenters. The fourth-order valence-electron chi connectivity index (χ4n) is 6.06. The molecule has 0 radical (unpaired) electrons. The number of carbonyl (C=O) groups excluding carboxylic acids is 1. The minimum absolute atomic E-state index is 0.00180. The molecule has 1 aromatic heterocycles. The molecule has 8 nitrogen and oxygen atoms in total. The van der Waals surface area contributed by atoms with Crippen molar-refractivity contribution in [2.75, 3.05) is 13.7 Å². The quantitative estimate of drug-likeness (QED) is 0.596. The zero-order valence-corrected chi connectivity index (χ0v) is 21.1. The molecule has 3 unspecified atom stereocenters. The first kappa shape index (κ1) is 24.7. The van der Waals surface area contributed by atoms with Gasteiger partial charge in [0.25, 0.3) is 0 Å². The van der Waals surface area contributed by atoms with E-state index >= 15 is 4.39 Å². The van der Waals surface area contributed by atoms with Gasteiger partial charge in [0.1, 0.15) is 12.4 Å². The smallest absolute Gasteiger partial charge is 0.410 e. The molecule has 194 valence electrons. The van der Waals surface area contributed by atoms with Gasteiger partial charge in [0.2, 0.25) is 0 Å². The summed E-state index contributed by atoms with van der Waals surface area (Å²) in [5, 5.41) is 13.5. The van der Waals surface area contributed by atoms with Gasteiger partial charge in [0.15, 0.2) is 0 Å². The molecule has 1 N–H and O–H groups in total. The molecule has 36 heavy (non-hydrogen) atoms. The van der Waals surface area contributed by atoms with Crippen molar-refractivity contribution in [3.63, 3.8) is 0 Å². The molecule has 3 fully saturated rings. The molecule has 0 bridgehead atoms. The molecule has 3 aliphatic rings. The van der Waals surface area contributed by atoms with Crippen molar-refractivity contribution in [1.29, 1.82) is 0 Å². The van der Waals surface area contributed by atoms with E-state index in [1.807, 2.05) is 13.0 Å².